The number of rotatable bonds is 3. The zero-order valence-corrected chi connectivity index (χ0v) is 13.3. The molecule has 114 valence electrons. The fourth-order valence-electron chi connectivity index (χ4n) is 2.15. The molecule has 0 aliphatic rings. The Morgan fingerprint density at radius 3 is 2.14 bits per heavy atom. The molecule has 0 radical (unpaired) electrons. The quantitative estimate of drug-likeness (QED) is 0.696. The van der Waals surface area contributed by atoms with E-state index in [-0.39, 0.29) is 23.6 Å². The third-order valence-corrected chi connectivity index (χ3v) is 3.49. The van der Waals surface area contributed by atoms with Gasteiger partial charge in [-0.3, -0.25) is 4.79 Å². The summed E-state index contributed by atoms with van der Waals surface area (Å²) in [6.45, 7) is 6.47. The van der Waals surface area contributed by atoms with E-state index >= 15 is 0 Å². The van der Waals surface area contributed by atoms with Gasteiger partial charge < -0.3 is 5.73 Å². The molecule has 0 bridgehead atoms. The van der Waals surface area contributed by atoms with Gasteiger partial charge in [0.15, 0.2) is 0 Å². The van der Waals surface area contributed by atoms with E-state index in [2.05, 4.69) is 25.8 Å². The summed E-state index contributed by atoms with van der Waals surface area (Å²) < 4.78 is 0. The zero-order valence-electron chi connectivity index (χ0n) is 13.3. The fraction of sp³-hybridized carbons (Fsp3) is 0.263. The average Bonchev–Trinajstić information content (AvgIpc) is 2.47. The van der Waals surface area contributed by atoms with Gasteiger partial charge in [-0.1, -0.05) is 75.4 Å². The number of carbonyl (C=O) groups is 1. The summed E-state index contributed by atoms with van der Waals surface area (Å²) in [4.78, 5) is 15.9. The summed E-state index contributed by atoms with van der Waals surface area (Å²) in [6, 6.07) is 17.4. The minimum Gasteiger partial charge on any atom is -0.383 e. The van der Waals surface area contributed by atoms with E-state index in [9.17, 15) is 4.79 Å². The molecule has 3 heteroatoms. The van der Waals surface area contributed by atoms with Crippen LogP contribution in [0.15, 0.2) is 59.6 Å². The molecule has 0 spiro atoms. The fourth-order valence-corrected chi connectivity index (χ4v) is 2.15. The van der Waals surface area contributed by atoms with E-state index in [4.69, 9.17) is 5.73 Å². The second-order valence-electron chi connectivity index (χ2n) is 6.38. The molecule has 3 nitrogen and oxygen atoms in total. The van der Waals surface area contributed by atoms with E-state index in [1.54, 1.807) is 0 Å². The highest BCUT2D eigenvalue weighted by molar-refractivity contribution is 6.04. The molecule has 2 rings (SSSR count). The molecule has 1 amide bonds. The van der Waals surface area contributed by atoms with Crippen molar-refractivity contribution in [3.05, 3.63) is 71.3 Å². The van der Waals surface area contributed by atoms with Crippen molar-refractivity contribution in [2.24, 2.45) is 10.7 Å². The molecule has 22 heavy (non-hydrogen) atoms. The SMILES string of the molecule is CC(C)(C)c1ccc(C(N)=NC(=O)Cc2ccccc2)cc1. The van der Waals surface area contributed by atoms with Crippen LogP contribution in [0.3, 0.4) is 0 Å². The van der Waals surface area contributed by atoms with Gasteiger partial charge in [0.1, 0.15) is 5.84 Å². The van der Waals surface area contributed by atoms with Gasteiger partial charge >= 0.3 is 0 Å². The molecular formula is C19H22N2O. The summed E-state index contributed by atoms with van der Waals surface area (Å²) in [6.07, 6.45) is 0.265. The zero-order chi connectivity index (χ0) is 16.2. The summed E-state index contributed by atoms with van der Waals surface area (Å²) in [5.41, 5.74) is 8.96. The summed E-state index contributed by atoms with van der Waals surface area (Å²) in [5, 5.41) is 0. The van der Waals surface area contributed by atoms with Crippen LogP contribution in [0.5, 0.6) is 0 Å². The molecule has 0 aromatic heterocycles. The first-order valence-electron chi connectivity index (χ1n) is 7.38. The van der Waals surface area contributed by atoms with Crippen LogP contribution in [0.2, 0.25) is 0 Å². The Bertz CT molecular complexity index is 665. The standard InChI is InChI=1S/C19H22N2O/c1-19(2,3)16-11-9-15(10-12-16)18(20)21-17(22)13-14-7-5-4-6-8-14/h4-12H,13H2,1-3H3,(H2,20,21,22). The number of hydrogen-bond donors (Lipinski definition) is 1. The molecular weight excluding hydrogens is 272 g/mol. The second kappa shape index (κ2) is 6.56. The number of amides is 1. The van der Waals surface area contributed by atoms with Gasteiger partial charge in [-0.15, -0.1) is 0 Å². The number of nitrogens with two attached hydrogens (primary N) is 1. The third kappa shape index (κ3) is 4.29. The van der Waals surface area contributed by atoms with Crippen molar-refractivity contribution in [2.45, 2.75) is 32.6 Å². The molecule has 0 saturated carbocycles. The lowest BCUT2D eigenvalue weighted by Crippen LogP contribution is -2.17. The second-order valence-corrected chi connectivity index (χ2v) is 6.38. The molecule has 0 saturated heterocycles. The van der Waals surface area contributed by atoms with E-state index in [0.717, 1.165) is 11.1 Å². The number of benzene rings is 2. The van der Waals surface area contributed by atoms with Gasteiger partial charge in [-0.2, -0.15) is 4.99 Å². The first kappa shape index (κ1) is 16.0. The molecule has 0 aliphatic heterocycles. The van der Waals surface area contributed by atoms with Crippen LogP contribution < -0.4 is 5.73 Å². The van der Waals surface area contributed by atoms with Crippen molar-refractivity contribution in [3.8, 4) is 0 Å². The molecule has 2 N–H and O–H groups in total. The lowest BCUT2D eigenvalue weighted by Gasteiger charge is -2.19. The van der Waals surface area contributed by atoms with Crippen molar-refractivity contribution in [2.75, 3.05) is 0 Å². The van der Waals surface area contributed by atoms with Crippen LogP contribution in [-0.2, 0) is 16.6 Å². The monoisotopic (exact) mass is 294 g/mol. The Hall–Kier alpha value is -2.42. The largest absolute Gasteiger partial charge is 0.383 e. The van der Waals surface area contributed by atoms with E-state index < -0.39 is 0 Å². The predicted molar refractivity (Wildman–Crippen MR) is 91.0 cm³/mol. The van der Waals surface area contributed by atoms with Crippen molar-refractivity contribution >= 4 is 11.7 Å². The van der Waals surface area contributed by atoms with Crippen LogP contribution in [0.25, 0.3) is 0 Å². The van der Waals surface area contributed by atoms with Crippen LogP contribution in [0.1, 0.15) is 37.5 Å². The van der Waals surface area contributed by atoms with Crippen molar-refractivity contribution in [1.29, 1.82) is 0 Å². The minimum absolute atomic E-state index is 0.0908. The van der Waals surface area contributed by atoms with Crippen molar-refractivity contribution in [1.82, 2.24) is 0 Å². The first-order valence-corrected chi connectivity index (χ1v) is 7.38. The van der Waals surface area contributed by atoms with Gasteiger partial charge in [0.25, 0.3) is 5.91 Å². The number of nitrogens with zero attached hydrogens (tertiary/aromatic N) is 1. The average molecular weight is 294 g/mol. The lowest BCUT2D eigenvalue weighted by atomic mass is 9.86. The topological polar surface area (TPSA) is 55.4 Å². The van der Waals surface area contributed by atoms with Gasteiger partial charge in [-0.05, 0) is 16.5 Å². The van der Waals surface area contributed by atoms with E-state index in [1.807, 2.05) is 54.6 Å². The number of aliphatic imine (C=N–C) groups is 1. The van der Waals surface area contributed by atoms with Crippen molar-refractivity contribution < 1.29 is 4.79 Å². The number of amidine groups is 1. The smallest absolute Gasteiger partial charge is 0.252 e. The van der Waals surface area contributed by atoms with E-state index in [1.165, 1.54) is 5.56 Å². The van der Waals surface area contributed by atoms with Gasteiger partial charge in [0.05, 0.1) is 6.42 Å². The van der Waals surface area contributed by atoms with Gasteiger partial charge in [-0.25, -0.2) is 0 Å². The highest BCUT2D eigenvalue weighted by Gasteiger charge is 2.13. The maximum atomic E-state index is 12.0. The molecule has 2 aromatic carbocycles. The highest BCUT2D eigenvalue weighted by Crippen LogP contribution is 2.22. The molecule has 0 heterocycles. The van der Waals surface area contributed by atoms with E-state index in [0.29, 0.717) is 0 Å². The Balaban J connectivity index is 2.10. The van der Waals surface area contributed by atoms with Crippen molar-refractivity contribution in [3.63, 3.8) is 0 Å². The molecule has 0 fully saturated rings. The Kier molecular flexibility index (Phi) is 4.76. The molecule has 0 atom stereocenters. The number of carbonyl (C=O) groups excluding carboxylic acids is 1. The van der Waals surface area contributed by atoms with Crippen LogP contribution in [-0.4, -0.2) is 11.7 Å². The van der Waals surface area contributed by atoms with Crippen LogP contribution in [0, 0.1) is 0 Å². The summed E-state index contributed by atoms with van der Waals surface area (Å²) in [5.74, 6) is 0.0324. The molecule has 0 aliphatic carbocycles. The summed E-state index contributed by atoms with van der Waals surface area (Å²) in [7, 11) is 0. The Morgan fingerprint density at radius 1 is 1.00 bits per heavy atom. The van der Waals surface area contributed by atoms with Gasteiger partial charge in [0, 0.05) is 5.56 Å². The Morgan fingerprint density at radius 2 is 1.59 bits per heavy atom. The maximum absolute atomic E-state index is 12.0. The minimum atomic E-state index is -0.233. The van der Waals surface area contributed by atoms with Crippen LogP contribution >= 0.6 is 0 Å². The molecule has 2 aromatic rings. The highest BCUT2D eigenvalue weighted by atomic mass is 16.1. The lowest BCUT2D eigenvalue weighted by molar-refractivity contribution is -0.117. The Labute approximate surface area is 131 Å². The normalized spacial score (nSPS) is 12.2. The molecule has 0 unspecified atom stereocenters. The van der Waals surface area contributed by atoms with Crippen LogP contribution in [0.4, 0.5) is 0 Å². The third-order valence-electron chi connectivity index (χ3n) is 3.49. The van der Waals surface area contributed by atoms with Gasteiger partial charge in [0.2, 0.25) is 0 Å². The number of hydrogen-bond acceptors (Lipinski definition) is 1. The summed E-state index contributed by atoms with van der Waals surface area (Å²) >= 11 is 0. The first-order chi connectivity index (χ1) is 10.4. The maximum Gasteiger partial charge on any atom is 0.252 e. The predicted octanol–water partition coefficient (Wildman–Crippen LogP) is 3.46.